The van der Waals surface area contributed by atoms with Crippen LogP contribution in [0.25, 0.3) is 11.0 Å². The molecule has 3 rings (SSSR count). The minimum absolute atomic E-state index is 0.140. The third-order valence-corrected chi connectivity index (χ3v) is 3.92. The van der Waals surface area contributed by atoms with E-state index >= 15 is 0 Å². The number of aromatic nitrogens is 2. The van der Waals surface area contributed by atoms with Crippen LogP contribution in [-0.2, 0) is 12.7 Å². The van der Waals surface area contributed by atoms with Gasteiger partial charge < -0.3 is 9.88 Å². The Labute approximate surface area is 142 Å². The first-order valence-corrected chi connectivity index (χ1v) is 7.76. The maximum absolute atomic E-state index is 13.2. The lowest BCUT2D eigenvalue weighted by atomic mass is 10.2. The third-order valence-electron chi connectivity index (χ3n) is 3.68. The molecule has 0 bridgehead atoms. The lowest BCUT2D eigenvalue weighted by molar-refractivity contribution is -0.146. The fourth-order valence-corrected chi connectivity index (χ4v) is 2.70. The van der Waals surface area contributed by atoms with Crippen LogP contribution in [-0.4, -0.2) is 16.1 Å². The summed E-state index contributed by atoms with van der Waals surface area (Å²) in [7, 11) is 0. The molecule has 1 heterocycles. The molecule has 24 heavy (non-hydrogen) atoms. The monoisotopic (exact) mass is 353 g/mol. The summed E-state index contributed by atoms with van der Waals surface area (Å²) >= 11 is 5.85. The van der Waals surface area contributed by atoms with Crippen molar-refractivity contribution >= 4 is 28.3 Å². The minimum Gasteiger partial charge on any atom is -0.383 e. The van der Waals surface area contributed by atoms with Crippen molar-refractivity contribution in [2.24, 2.45) is 0 Å². The molecule has 0 saturated heterocycles. The van der Waals surface area contributed by atoms with E-state index in [-0.39, 0.29) is 12.1 Å². The number of hydrogen-bond donors (Lipinski definition) is 1. The predicted molar refractivity (Wildman–Crippen MR) is 89.4 cm³/mol. The van der Waals surface area contributed by atoms with Crippen molar-refractivity contribution in [2.75, 3.05) is 11.9 Å². The van der Waals surface area contributed by atoms with Gasteiger partial charge in [0.05, 0.1) is 11.0 Å². The fraction of sp³-hybridized carbons (Fsp3) is 0.235. The lowest BCUT2D eigenvalue weighted by Gasteiger charge is -2.12. The quantitative estimate of drug-likeness (QED) is 0.704. The number of aryl methyl sites for hydroxylation is 1. The lowest BCUT2D eigenvalue weighted by Crippen LogP contribution is -2.18. The number of hydrogen-bond acceptors (Lipinski definition) is 2. The van der Waals surface area contributed by atoms with E-state index in [1.165, 1.54) is 10.6 Å². The standard InChI is InChI=1S/C17H15ClF3N3/c1-11-2-5-13(6-3-11)22-8-9-24-15-7-4-12(18)10-14(15)23-16(24)17(19,20)21/h2-7,10,22H,8-9H2,1H3. The molecule has 7 heteroatoms. The number of nitrogens with one attached hydrogen (secondary N) is 1. The fourth-order valence-electron chi connectivity index (χ4n) is 2.53. The summed E-state index contributed by atoms with van der Waals surface area (Å²) in [6, 6.07) is 12.2. The molecule has 0 atom stereocenters. The largest absolute Gasteiger partial charge is 0.449 e. The highest BCUT2D eigenvalue weighted by Crippen LogP contribution is 2.32. The van der Waals surface area contributed by atoms with Gasteiger partial charge in [-0.05, 0) is 37.3 Å². The molecule has 0 aliphatic carbocycles. The number of halogens is 4. The Morgan fingerprint density at radius 2 is 1.83 bits per heavy atom. The second-order valence-corrected chi connectivity index (χ2v) is 5.95. The summed E-state index contributed by atoms with van der Waals surface area (Å²) in [5.41, 5.74) is 2.64. The molecule has 1 aromatic heterocycles. The van der Waals surface area contributed by atoms with E-state index in [0.717, 1.165) is 11.3 Å². The van der Waals surface area contributed by atoms with Gasteiger partial charge >= 0.3 is 6.18 Å². The Morgan fingerprint density at radius 1 is 1.12 bits per heavy atom. The summed E-state index contributed by atoms with van der Waals surface area (Å²) in [6.45, 7) is 2.46. The van der Waals surface area contributed by atoms with Crippen LogP contribution in [0.3, 0.4) is 0 Å². The number of rotatable bonds is 4. The first kappa shape index (κ1) is 16.6. The van der Waals surface area contributed by atoms with Gasteiger partial charge in [-0.15, -0.1) is 0 Å². The molecule has 0 spiro atoms. The van der Waals surface area contributed by atoms with Crippen molar-refractivity contribution in [3.05, 3.63) is 58.9 Å². The van der Waals surface area contributed by atoms with Crippen molar-refractivity contribution < 1.29 is 13.2 Å². The molecule has 0 amide bonds. The summed E-state index contributed by atoms with van der Waals surface area (Å²) < 4.78 is 40.9. The van der Waals surface area contributed by atoms with Gasteiger partial charge in [0.15, 0.2) is 0 Å². The van der Waals surface area contributed by atoms with Crippen LogP contribution in [0.15, 0.2) is 42.5 Å². The van der Waals surface area contributed by atoms with Crippen LogP contribution in [0.4, 0.5) is 18.9 Å². The van der Waals surface area contributed by atoms with Crippen LogP contribution in [0.2, 0.25) is 5.02 Å². The Hall–Kier alpha value is -2.21. The molecule has 0 aliphatic rings. The molecule has 3 aromatic rings. The van der Waals surface area contributed by atoms with E-state index in [1.807, 2.05) is 31.2 Å². The maximum atomic E-state index is 13.2. The molecule has 126 valence electrons. The maximum Gasteiger partial charge on any atom is 0.449 e. The summed E-state index contributed by atoms with van der Waals surface area (Å²) in [4.78, 5) is 3.71. The average molecular weight is 354 g/mol. The molecule has 0 fully saturated rings. The summed E-state index contributed by atoms with van der Waals surface area (Å²) in [5.74, 6) is -0.912. The van der Waals surface area contributed by atoms with Gasteiger partial charge in [0, 0.05) is 23.8 Å². The van der Waals surface area contributed by atoms with Gasteiger partial charge in [-0.2, -0.15) is 13.2 Å². The van der Waals surface area contributed by atoms with E-state index in [1.54, 1.807) is 12.1 Å². The Bertz CT molecular complexity index is 854. The SMILES string of the molecule is Cc1ccc(NCCn2c(C(F)(F)F)nc3cc(Cl)ccc32)cc1. The normalized spacial score (nSPS) is 11.9. The average Bonchev–Trinajstić information content (AvgIpc) is 2.87. The van der Waals surface area contributed by atoms with E-state index in [9.17, 15) is 13.2 Å². The van der Waals surface area contributed by atoms with E-state index < -0.39 is 12.0 Å². The number of fused-ring (bicyclic) bond motifs is 1. The number of benzene rings is 2. The van der Waals surface area contributed by atoms with Crippen molar-refractivity contribution in [3.63, 3.8) is 0 Å². The molecule has 0 unspecified atom stereocenters. The predicted octanol–water partition coefficient (Wildman–Crippen LogP) is 5.13. The van der Waals surface area contributed by atoms with Crippen LogP contribution in [0.1, 0.15) is 11.4 Å². The molecule has 0 saturated carbocycles. The van der Waals surface area contributed by atoms with Gasteiger partial charge in [0.2, 0.25) is 5.82 Å². The molecule has 0 radical (unpaired) electrons. The van der Waals surface area contributed by atoms with Crippen LogP contribution in [0.5, 0.6) is 0 Å². The van der Waals surface area contributed by atoms with Crippen LogP contribution in [0, 0.1) is 6.92 Å². The van der Waals surface area contributed by atoms with Gasteiger partial charge in [-0.1, -0.05) is 29.3 Å². The van der Waals surface area contributed by atoms with Gasteiger partial charge in [0.25, 0.3) is 0 Å². The van der Waals surface area contributed by atoms with E-state index in [4.69, 9.17) is 11.6 Å². The van der Waals surface area contributed by atoms with Crippen LogP contribution < -0.4 is 5.32 Å². The van der Waals surface area contributed by atoms with Crippen molar-refractivity contribution in [1.29, 1.82) is 0 Å². The van der Waals surface area contributed by atoms with E-state index in [0.29, 0.717) is 17.1 Å². The second-order valence-electron chi connectivity index (χ2n) is 5.51. The zero-order valence-corrected chi connectivity index (χ0v) is 13.6. The first-order chi connectivity index (χ1) is 11.3. The Kier molecular flexibility index (Phi) is 4.41. The number of nitrogens with zero attached hydrogens (tertiary/aromatic N) is 2. The zero-order valence-electron chi connectivity index (χ0n) is 12.9. The highest BCUT2D eigenvalue weighted by Gasteiger charge is 2.37. The Balaban J connectivity index is 1.85. The minimum atomic E-state index is -4.52. The second kappa shape index (κ2) is 6.36. The molecule has 2 aromatic carbocycles. The van der Waals surface area contributed by atoms with Crippen LogP contribution >= 0.6 is 11.6 Å². The topological polar surface area (TPSA) is 29.9 Å². The van der Waals surface area contributed by atoms with Gasteiger partial charge in [-0.25, -0.2) is 4.98 Å². The van der Waals surface area contributed by atoms with E-state index in [2.05, 4.69) is 10.3 Å². The molecular weight excluding hydrogens is 339 g/mol. The highest BCUT2D eigenvalue weighted by atomic mass is 35.5. The smallest absolute Gasteiger partial charge is 0.383 e. The van der Waals surface area contributed by atoms with Gasteiger partial charge in [0.1, 0.15) is 0 Å². The third kappa shape index (κ3) is 3.48. The molecule has 0 aliphatic heterocycles. The molecule has 3 nitrogen and oxygen atoms in total. The summed E-state index contributed by atoms with van der Waals surface area (Å²) in [6.07, 6.45) is -4.52. The van der Waals surface area contributed by atoms with Crippen molar-refractivity contribution in [3.8, 4) is 0 Å². The highest BCUT2D eigenvalue weighted by molar-refractivity contribution is 6.31. The van der Waals surface area contributed by atoms with Gasteiger partial charge in [-0.3, -0.25) is 0 Å². The Morgan fingerprint density at radius 3 is 2.50 bits per heavy atom. The molecule has 1 N–H and O–H groups in total. The number of imidazole rings is 1. The summed E-state index contributed by atoms with van der Waals surface area (Å²) in [5, 5.41) is 3.48. The number of anilines is 1. The molecular formula is C17H15ClF3N3. The first-order valence-electron chi connectivity index (χ1n) is 7.38. The van der Waals surface area contributed by atoms with Crippen molar-refractivity contribution in [2.45, 2.75) is 19.6 Å². The number of alkyl halides is 3. The zero-order chi connectivity index (χ0) is 17.3. The van der Waals surface area contributed by atoms with Crippen molar-refractivity contribution in [1.82, 2.24) is 9.55 Å².